The Morgan fingerprint density at radius 3 is 2.79 bits per heavy atom. The van der Waals surface area contributed by atoms with Crippen molar-refractivity contribution in [2.45, 2.75) is 18.7 Å². The molecule has 3 aromatic rings. The highest BCUT2D eigenvalue weighted by Crippen LogP contribution is 2.40. The molecular weight excluding hydrogens is 470 g/mol. The van der Waals surface area contributed by atoms with E-state index in [4.69, 9.17) is 25.6 Å². The number of rotatable bonds is 6. The first-order chi connectivity index (χ1) is 16.0. The molecule has 0 bridgehead atoms. The van der Waals surface area contributed by atoms with E-state index in [0.717, 1.165) is 5.56 Å². The fraction of sp³-hybridized carbons (Fsp3) is 0.182. The third kappa shape index (κ3) is 6.13. The molecule has 0 radical (unpaired) electrons. The smallest absolute Gasteiger partial charge is 0.450 e. The number of hydroxylamine groups is 1. The molecule has 1 aliphatic heterocycles. The topological polar surface area (TPSA) is 116 Å². The molecular formula is C22H20ClN3O6S. The van der Waals surface area contributed by atoms with E-state index in [0.29, 0.717) is 28.0 Å². The standard InChI is InChI=1S/C22H20ClN3O6S/c23-16-7-8-20-18(12-16)26(13-15-4-1-2-6-19(15)31-20)32-22(28)25-24-21(27)9-11-33(29)14-17-5-3-10-30-17/h1-8,10,12H,9,11,13-14H2,(H,24,27)(H,25,28). The van der Waals surface area contributed by atoms with Crippen LogP contribution in [0.4, 0.5) is 10.5 Å². The van der Waals surface area contributed by atoms with Crippen LogP contribution in [0.1, 0.15) is 17.7 Å². The van der Waals surface area contributed by atoms with Gasteiger partial charge in [-0.1, -0.05) is 29.8 Å². The van der Waals surface area contributed by atoms with Gasteiger partial charge in [-0.3, -0.25) is 10.2 Å². The lowest BCUT2D eigenvalue weighted by Gasteiger charge is -2.22. The van der Waals surface area contributed by atoms with E-state index in [1.165, 1.54) is 11.3 Å². The van der Waals surface area contributed by atoms with Crippen molar-refractivity contribution in [3.63, 3.8) is 0 Å². The van der Waals surface area contributed by atoms with Gasteiger partial charge in [0.2, 0.25) is 5.91 Å². The maximum absolute atomic E-state index is 12.3. The van der Waals surface area contributed by atoms with Gasteiger partial charge in [-0.05, 0) is 47.6 Å². The van der Waals surface area contributed by atoms with Crippen LogP contribution in [0.15, 0.2) is 65.3 Å². The summed E-state index contributed by atoms with van der Waals surface area (Å²) < 4.78 is 23.1. The third-order valence-electron chi connectivity index (χ3n) is 4.63. The molecule has 2 amide bonds. The molecule has 0 saturated heterocycles. The summed E-state index contributed by atoms with van der Waals surface area (Å²) in [5.41, 5.74) is 5.69. The maximum Gasteiger partial charge on any atom is 0.450 e. The number of ether oxygens (including phenoxy) is 1. The van der Waals surface area contributed by atoms with Crippen LogP contribution in [0.2, 0.25) is 5.02 Å². The molecule has 1 aromatic heterocycles. The van der Waals surface area contributed by atoms with Gasteiger partial charge in [-0.15, -0.1) is 0 Å². The number of hydrazine groups is 1. The minimum absolute atomic E-state index is 0.0447. The average Bonchev–Trinajstić information content (AvgIpc) is 3.25. The van der Waals surface area contributed by atoms with Gasteiger partial charge in [0.15, 0.2) is 17.3 Å². The van der Waals surface area contributed by atoms with Gasteiger partial charge < -0.3 is 18.5 Å². The zero-order valence-electron chi connectivity index (χ0n) is 17.3. The van der Waals surface area contributed by atoms with E-state index in [9.17, 15) is 14.1 Å². The third-order valence-corrected chi connectivity index (χ3v) is 6.13. The Bertz CT molecular complexity index is 1130. The predicted molar refractivity (Wildman–Crippen MR) is 122 cm³/mol. The lowest BCUT2D eigenvalue weighted by Crippen LogP contribution is -2.44. The Labute approximate surface area is 197 Å². The number of anilines is 1. The highest BCUT2D eigenvalue weighted by atomic mass is 35.5. The summed E-state index contributed by atoms with van der Waals surface area (Å²) in [6.07, 6.45) is 0.540. The van der Waals surface area contributed by atoms with Gasteiger partial charge in [0.1, 0.15) is 17.2 Å². The summed E-state index contributed by atoms with van der Waals surface area (Å²) in [6.45, 7) is 0.205. The van der Waals surface area contributed by atoms with Crippen LogP contribution < -0.4 is 20.7 Å². The Morgan fingerprint density at radius 2 is 1.97 bits per heavy atom. The SMILES string of the molecule is O=C(CC[S+]([O-])Cc1ccco1)NNC(=O)ON1Cc2ccccc2Oc2ccc(Cl)cc21. The van der Waals surface area contributed by atoms with Gasteiger partial charge in [0.25, 0.3) is 0 Å². The first-order valence-corrected chi connectivity index (χ1v) is 11.8. The number of para-hydroxylation sites is 1. The molecule has 2 aromatic carbocycles. The van der Waals surface area contributed by atoms with Crippen LogP contribution >= 0.6 is 11.6 Å². The number of hydrogen-bond donors (Lipinski definition) is 2. The highest BCUT2D eigenvalue weighted by Gasteiger charge is 2.24. The molecule has 1 unspecified atom stereocenters. The largest absolute Gasteiger partial charge is 0.616 e. The van der Waals surface area contributed by atoms with Crippen molar-refractivity contribution < 1.29 is 28.1 Å². The number of amides is 2. The fourth-order valence-corrected chi connectivity index (χ4v) is 4.29. The first-order valence-electron chi connectivity index (χ1n) is 9.95. The predicted octanol–water partition coefficient (Wildman–Crippen LogP) is 4.06. The lowest BCUT2D eigenvalue weighted by atomic mass is 10.2. The van der Waals surface area contributed by atoms with E-state index in [1.807, 2.05) is 24.3 Å². The second-order valence-corrected chi connectivity index (χ2v) is 9.04. The Morgan fingerprint density at radius 1 is 1.12 bits per heavy atom. The summed E-state index contributed by atoms with van der Waals surface area (Å²) >= 11 is 4.85. The zero-order chi connectivity index (χ0) is 23.2. The van der Waals surface area contributed by atoms with E-state index < -0.39 is 23.2 Å². The monoisotopic (exact) mass is 489 g/mol. The van der Waals surface area contributed by atoms with Crippen LogP contribution in [0.5, 0.6) is 11.5 Å². The number of carbonyl (C=O) groups excluding carboxylic acids is 2. The van der Waals surface area contributed by atoms with Crippen molar-refractivity contribution >= 4 is 40.5 Å². The van der Waals surface area contributed by atoms with Crippen molar-refractivity contribution in [3.05, 3.63) is 77.2 Å². The highest BCUT2D eigenvalue weighted by molar-refractivity contribution is 7.90. The van der Waals surface area contributed by atoms with Crippen LogP contribution in [-0.4, -0.2) is 22.3 Å². The minimum Gasteiger partial charge on any atom is -0.616 e. The average molecular weight is 490 g/mol. The molecule has 172 valence electrons. The van der Waals surface area contributed by atoms with Gasteiger partial charge >= 0.3 is 6.09 Å². The molecule has 2 heterocycles. The molecule has 0 fully saturated rings. The minimum atomic E-state index is -1.27. The molecule has 0 spiro atoms. The normalized spacial score (nSPS) is 13.1. The van der Waals surface area contributed by atoms with E-state index in [2.05, 4.69) is 10.9 Å². The summed E-state index contributed by atoms with van der Waals surface area (Å²) in [6, 6.07) is 15.7. The van der Waals surface area contributed by atoms with Crippen molar-refractivity contribution in [3.8, 4) is 11.5 Å². The van der Waals surface area contributed by atoms with Gasteiger partial charge in [0, 0.05) is 10.6 Å². The fourth-order valence-electron chi connectivity index (χ4n) is 3.08. The van der Waals surface area contributed by atoms with Crippen molar-refractivity contribution in [1.82, 2.24) is 10.9 Å². The number of fused-ring (bicyclic) bond motifs is 2. The molecule has 11 heteroatoms. The van der Waals surface area contributed by atoms with Crippen LogP contribution in [-0.2, 0) is 33.1 Å². The van der Waals surface area contributed by atoms with Crippen molar-refractivity contribution in [1.29, 1.82) is 0 Å². The number of hydrogen-bond acceptors (Lipinski definition) is 7. The Hall–Kier alpha value is -3.34. The van der Waals surface area contributed by atoms with Crippen LogP contribution in [0.25, 0.3) is 0 Å². The number of nitrogens with zero attached hydrogens (tertiary/aromatic N) is 1. The summed E-state index contributed by atoms with van der Waals surface area (Å²) in [4.78, 5) is 29.8. The van der Waals surface area contributed by atoms with Crippen molar-refractivity contribution in [2.24, 2.45) is 0 Å². The zero-order valence-corrected chi connectivity index (χ0v) is 18.9. The van der Waals surface area contributed by atoms with E-state index in [-0.39, 0.29) is 24.5 Å². The Kier molecular flexibility index (Phi) is 7.28. The van der Waals surface area contributed by atoms with Gasteiger partial charge in [-0.2, -0.15) is 5.06 Å². The van der Waals surface area contributed by atoms with Gasteiger partial charge in [-0.25, -0.2) is 10.2 Å². The molecule has 2 N–H and O–H groups in total. The van der Waals surface area contributed by atoms with E-state index in [1.54, 1.807) is 30.3 Å². The second kappa shape index (κ2) is 10.5. The van der Waals surface area contributed by atoms with Crippen LogP contribution in [0.3, 0.4) is 0 Å². The quantitative estimate of drug-likeness (QED) is 0.396. The molecule has 33 heavy (non-hydrogen) atoms. The summed E-state index contributed by atoms with van der Waals surface area (Å²) in [5.74, 6) is 1.50. The van der Waals surface area contributed by atoms with Crippen LogP contribution in [0, 0.1) is 0 Å². The number of furan rings is 1. The molecule has 1 aliphatic rings. The molecule has 9 nitrogen and oxygen atoms in total. The van der Waals surface area contributed by atoms with Crippen molar-refractivity contribution in [2.75, 3.05) is 10.8 Å². The second-order valence-electron chi connectivity index (χ2n) is 7.03. The number of nitrogens with one attached hydrogen (secondary N) is 2. The number of benzene rings is 2. The molecule has 0 aliphatic carbocycles. The van der Waals surface area contributed by atoms with E-state index >= 15 is 0 Å². The summed E-state index contributed by atoms with van der Waals surface area (Å²) in [7, 11) is 0. The van der Waals surface area contributed by atoms with Gasteiger partial charge in [0.05, 0.1) is 19.2 Å². The molecule has 1 atom stereocenters. The molecule has 4 rings (SSSR count). The lowest BCUT2D eigenvalue weighted by molar-refractivity contribution is -0.121. The Balaban J connectivity index is 1.32. The first kappa shape index (κ1) is 22.8. The number of halogens is 1. The number of carbonyl (C=O) groups is 2. The maximum atomic E-state index is 12.3. The summed E-state index contributed by atoms with van der Waals surface area (Å²) in [5, 5.41) is 1.76. The molecule has 0 saturated carbocycles.